The van der Waals surface area contributed by atoms with E-state index in [9.17, 15) is 4.39 Å². The van der Waals surface area contributed by atoms with Gasteiger partial charge in [-0.2, -0.15) is 0 Å². The number of benzene rings is 1. The summed E-state index contributed by atoms with van der Waals surface area (Å²) in [6.45, 7) is 5.60. The molecule has 0 amide bonds. The van der Waals surface area contributed by atoms with Gasteiger partial charge in [0, 0.05) is 55.1 Å². The van der Waals surface area contributed by atoms with Crippen molar-refractivity contribution in [2.75, 3.05) is 36.4 Å². The summed E-state index contributed by atoms with van der Waals surface area (Å²) in [5, 5.41) is 7.91. The summed E-state index contributed by atoms with van der Waals surface area (Å²) in [5.41, 5.74) is 3.61. The highest BCUT2D eigenvalue weighted by Gasteiger charge is 2.26. The number of halogens is 1. The lowest BCUT2D eigenvalue weighted by Crippen LogP contribution is -2.44. The molecule has 7 nitrogen and oxygen atoms in total. The van der Waals surface area contributed by atoms with Gasteiger partial charge in [-0.25, -0.2) is 19.3 Å². The molecular weight excluding hydrogens is 453 g/mol. The minimum atomic E-state index is -0.239. The molecule has 0 bridgehead atoms. The molecule has 1 unspecified atom stereocenters. The van der Waals surface area contributed by atoms with Crippen LogP contribution >= 0.6 is 0 Å². The molecule has 184 valence electrons. The molecule has 1 aliphatic carbocycles. The molecule has 6 rings (SSSR count). The summed E-state index contributed by atoms with van der Waals surface area (Å²) in [5.74, 6) is 2.59. The summed E-state index contributed by atoms with van der Waals surface area (Å²) in [6.07, 6.45) is 9.27. The van der Waals surface area contributed by atoms with E-state index in [1.54, 1.807) is 18.3 Å². The molecule has 1 saturated heterocycles. The van der Waals surface area contributed by atoms with Gasteiger partial charge in [-0.05, 0) is 49.4 Å². The van der Waals surface area contributed by atoms with E-state index >= 15 is 0 Å². The van der Waals surface area contributed by atoms with Crippen LogP contribution in [0, 0.1) is 5.82 Å². The van der Waals surface area contributed by atoms with Crippen LogP contribution in [-0.4, -0.2) is 46.1 Å². The Balaban J connectivity index is 1.39. The predicted octanol–water partition coefficient (Wildman–Crippen LogP) is 5.08. The first-order valence-electron chi connectivity index (χ1n) is 12.8. The highest BCUT2D eigenvalue weighted by atomic mass is 19.1. The maximum absolute atomic E-state index is 14.3. The van der Waals surface area contributed by atoms with Gasteiger partial charge >= 0.3 is 0 Å². The number of nitrogens with one attached hydrogen (secondary N) is 2. The Labute approximate surface area is 210 Å². The molecule has 4 heterocycles. The van der Waals surface area contributed by atoms with E-state index in [0.717, 1.165) is 48.5 Å². The zero-order chi connectivity index (χ0) is 24.5. The highest BCUT2D eigenvalue weighted by Crippen LogP contribution is 2.42. The van der Waals surface area contributed by atoms with Crippen molar-refractivity contribution in [1.29, 1.82) is 0 Å². The monoisotopic (exact) mass is 483 g/mol. The van der Waals surface area contributed by atoms with Gasteiger partial charge in [0.25, 0.3) is 0 Å². The molecule has 3 aromatic heterocycles. The van der Waals surface area contributed by atoms with Crippen LogP contribution in [0.25, 0.3) is 22.3 Å². The van der Waals surface area contributed by atoms with Gasteiger partial charge in [0.2, 0.25) is 0 Å². The first kappa shape index (κ1) is 22.8. The van der Waals surface area contributed by atoms with Gasteiger partial charge in [0.15, 0.2) is 5.82 Å². The summed E-state index contributed by atoms with van der Waals surface area (Å²) in [4.78, 5) is 21.5. The number of fused-ring (bicyclic) bond motifs is 1. The number of hydrogen-bond acceptors (Lipinski definition) is 7. The van der Waals surface area contributed by atoms with Crippen molar-refractivity contribution < 1.29 is 4.39 Å². The predicted molar refractivity (Wildman–Crippen MR) is 141 cm³/mol. The molecule has 4 aromatic rings. The van der Waals surface area contributed by atoms with Gasteiger partial charge in [0.1, 0.15) is 17.5 Å². The van der Waals surface area contributed by atoms with Gasteiger partial charge < -0.3 is 15.5 Å². The molecule has 2 fully saturated rings. The molecule has 2 N–H and O–H groups in total. The van der Waals surface area contributed by atoms with Gasteiger partial charge in [0.05, 0.1) is 17.8 Å². The van der Waals surface area contributed by atoms with Gasteiger partial charge in [-0.3, -0.25) is 4.98 Å². The first-order valence-corrected chi connectivity index (χ1v) is 12.8. The van der Waals surface area contributed by atoms with E-state index < -0.39 is 0 Å². The molecular formula is C28H30FN7. The normalized spacial score (nSPS) is 17.1. The summed E-state index contributed by atoms with van der Waals surface area (Å²) in [6, 6.07) is 10.4. The quantitative estimate of drug-likeness (QED) is 0.396. The fourth-order valence-corrected chi connectivity index (χ4v) is 5.13. The highest BCUT2D eigenvalue weighted by molar-refractivity contribution is 5.94. The van der Waals surface area contributed by atoms with Crippen LogP contribution < -0.4 is 15.5 Å². The molecule has 1 aromatic carbocycles. The number of hydrogen-bond donors (Lipinski definition) is 2. The van der Waals surface area contributed by atoms with Crippen LogP contribution in [0.15, 0.2) is 55.0 Å². The van der Waals surface area contributed by atoms with Crippen molar-refractivity contribution in [3.05, 3.63) is 71.9 Å². The molecule has 2 aliphatic rings. The topological polar surface area (TPSA) is 78.9 Å². The fraction of sp³-hybridized carbons (Fsp3) is 0.357. The molecule has 0 radical (unpaired) electrons. The number of rotatable bonds is 6. The Morgan fingerprint density at radius 3 is 2.69 bits per heavy atom. The van der Waals surface area contributed by atoms with E-state index in [1.807, 2.05) is 37.5 Å². The summed E-state index contributed by atoms with van der Waals surface area (Å²) in [7, 11) is 0. The lowest BCUT2D eigenvalue weighted by Gasteiger charge is -2.32. The molecule has 1 saturated carbocycles. The first-order chi connectivity index (χ1) is 17.7. The van der Waals surface area contributed by atoms with E-state index in [0.29, 0.717) is 23.1 Å². The maximum Gasteiger partial charge on any atom is 0.162 e. The lowest BCUT2D eigenvalue weighted by molar-refractivity contribution is 0.421. The Morgan fingerprint density at radius 2 is 1.92 bits per heavy atom. The van der Waals surface area contributed by atoms with Crippen molar-refractivity contribution in [3.63, 3.8) is 0 Å². The number of nitrogens with zero attached hydrogens (tertiary/aromatic N) is 5. The van der Waals surface area contributed by atoms with Crippen molar-refractivity contribution in [2.24, 2.45) is 0 Å². The largest absolute Gasteiger partial charge is 0.363 e. The van der Waals surface area contributed by atoms with Crippen LogP contribution in [0.1, 0.15) is 49.3 Å². The standard InChI is InChI=1S/C28H30FN7/c1-18(21-7-2-3-8-23(21)29)33-25-15-20(9-10-32-25)27-34-24-17-31-16-22(19-5-4-6-19)26(24)28(35-27)36-13-11-30-12-14-36/h2-3,7-10,15-19,30H,4-6,11-14H2,1H3,(H,32,33). The Kier molecular flexibility index (Phi) is 6.19. The lowest BCUT2D eigenvalue weighted by atomic mass is 9.79. The third-order valence-electron chi connectivity index (χ3n) is 7.33. The van der Waals surface area contributed by atoms with Crippen molar-refractivity contribution in [3.8, 4) is 11.4 Å². The maximum atomic E-state index is 14.3. The average Bonchev–Trinajstić information content (AvgIpc) is 2.88. The molecule has 36 heavy (non-hydrogen) atoms. The second kappa shape index (κ2) is 9.78. The molecule has 1 atom stereocenters. The molecule has 1 aliphatic heterocycles. The smallest absolute Gasteiger partial charge is 0.162 e. The minimum Gasteiger partial charge on any atom is -0.363 e. The fourth-order valence-electron chi connectivity index (χ4n) is 5.13. The van der Waals surface area contributed by atoms with Crippen molar-refractivity contribution >= 4 is 22.5 Å². The number of pyridine rings is 2. The summed E-state index contributed by atoms with van der Waals surface area (Å²) < 4.78 is 14.3. The van der Waals surface area contributed by atoms with E-state index in [-0.39, 0.29) is 11.9 Å². The van der Waals surface area contributed by atoms with Crippen molar-refractivity contribution in [2.45, 2.75) is 38.1 Å². The zero-order valence-electron chi connectivity index (χ0n) is 20.4. The second-order valence-electron chi connectivity index (χ2n) is 9.68. The number of aromatic nitrogens is 4. The Morgan fingerprint density at radius 1 is 1.08 bits per heavy atom. The van der Waals surface area contributed by atoms with E-state index in [2.05, 4.69) is 25.5 Å². The summed E-state index contributed by atoms with van der Waals surface area (Å²) >= 11 is 0. The average molecular weight is 484 g/mol. The van der Waals surface area contributed by atoms with Crippen LogP contribution in [0.4, 0.5) is 16.0 Å². The molecule has 8 heteroatoms. The Hall–Kier alpha value is -3.65. The third-order valence-corrected chi connectivity index (χ3v) is 7.33. The Bertz CT molecular complexity index is 1380. The molecule has 0 spiro atoms. The van der Waals surface area contributed by atoms with E-state index in [4.69, 9.17) is 9.97 Å². The second-order valence-corrected chi connectivity index (χ2v) is 9.68. The van der Waals surface area contributed by atoms with Crippen LogP contribution in [0.2, 0.25) is 0 Å². The van der Waals surface area contributed by atoms with Crippen molar-refractivity contribution in [1.82, 2.24) is 25.3 Å². The number of piperazine rings is 1. The zero-order valence-corrected chi connectivity index (χ0v) is 20.4. The van der Waals surface area contributed by atoms with Crippen LogP contribution in [-0.2, 0) is 0 Å². The van der Waals surface area contributed by atoms with E-state index in [1.165, 1.54) is 30.9 Å². The third kappa shape index (κ3) is 4.37. The van der Waals surface area contributed by atoms with Crippen LogP contribution in [0.5, 0.6) is 0 Å². The van der Waals surface area contributed by atoms with Gasteiger partial charge in [-0.1, -0.05) is 24.6 Å². The SMILES string of the molecule is CC(Nc1cc(-c2nc(N3CCNCC3)c3c(C4CCC4)cncc3n2)ccn1)c1ccccc1F. The van der Waals surface area contributed by atoms with Crippen LogP contribution in [0.3, 0.4) is 0 Å². The minimum absolute atomic E-state index is 0.234. The number of anilines is 2. The van der Waals surface area contributed by atoms with Gasteiger partial charge in [-0.15, -0.1) is 0 Å².